The molecule has 1 N–H and O–H groups in total. The van der Waals surface area contributed by atoms with Crippen molar-refractivity contribution < 1.29 is 33.4 Å². The molecule has 0 spiro atoms. The van der Waals surface area contributed by atoms with Gasteiger partial charge >= 0.3 is 5.97 Å². The second-order valence-corrected chi connectivity index (χ2v) is 5.88. The number of hydrogen-bond donors (Lipinski definition) is 1. The number of rotatable bonds is 7. The Balaban J connectivity index is 2.08. The van der Waals surface area contributed by atoms with E-state index in [0.717, 1.165) is 0 Å². The molecule has 9 heteroatoms. The van der Waals surface area contributed by atoms with Crippen LogP contribution in [0.15, 0.2) is 18.2 Å². The van der Waals surface area contributed by atoms with Crippen LogP contribution >= 0.6 is 0 Å². The summed E-state index contributed by atoms with van der Waals surface area (Å²) >= 11 is 0. The lowest BCUT2D eigenvalue weighted by atomic mass is 10.1. The number of ketones is 1. The Morgan fingerprint density at radius 3 is 2.59 bits per heavy atom. The maximum Gasteiger partial charge on any atom is 0.308 e. The van der Waals surface area contributed by atoms with E-state index in [4.69, 9.17) is 9.47 Å². The highest BCUT2D eigenvalue weighted by atomic mass is 16.5. The summed E-state index contributed by atoms with van der Waals surface area (Å²) in [5, 5.41) is 2.62. The topological polar surface area (TPSA) is 111 Å². The van der Waals surface area contributed by atoms with E-state index in [1.54, 1.807) is 6.07 Å². The molecule has 2 rings (SSSR count). The molecule has 1 saturated heterocycles. The minimum atomic E-state index is -0.940. The molecule has 1 aliphatic heterocycles. The molecule has 1 aliphatic rings. The van der Waals surface area contributed by atoms with E-state index in [1.165, 1.54) is 38.2 Å². The maximum absolute atomic E-state index is 12.5. The van der Waals surface area contributed by atoms with E-state index in [-0.39, 0.29) is 25.4 Å². The highest BCUT2D eigenvalue weighted by molar-refractivity contribution is 5.95. The van der Waals surface area contributed by atoms with Crippen LogP contribution in [-0.4, -0.2) is 68.4 Å². The quantitative estimate of drug-likeness (QED) is 0.532. The van der Waals surface area contributed by atoms with Crippen LogP contribution in [0.1, 0.15) is 23.7 Å². The number of piperazine rings is 1. The average molecular weight is 378 g/mol. The first-order valence-electron chi connectivity index (χ1n) is 8.33. The zero-order valence-corrected chi connectivity index (χ0v) is 15.4. The molecule has 1 fully saturated rings. The lowest BCUT2D eigenvalue weighted by Gasteiger charge is -2.34. The van der Waals surface area contributed by atoms with Crippen molar-refractivity contribution >= 4 is 23.6 Å². The van der Waals surface area contributed by atoms with Gasteiger partial charge in [0, 0.05) is 18.7 Å². The van der Waals surface area contributed by atoms with Crippen LogP contribution in [0.3, 0.4) is 0 Å². The molecule has 0 aliphatic carbocycles. The summed E-state index contributed by atoms with van der Waals surface area (Å²) in [5.41, 5.74) is 0.455. The summed E-state index contributed by atoms with van der Waals surface area (Å²) in [7, 11) is 2.64. The molecule has 0 unspecified atom stereocenters. The standard InChI is InChI=1S/C18H22N2O7/c1-11(21)12-4-5-14(15(8-12)25-2)27-10-16(22)20-7-6-19-18(24)13(20)9-17(23)26-3/h4-5,8,13H,6-7,9-10H2,1-3H3,(H,19,24)/t13-/m0/s1. The number of esters is 1. The molecule has 1 atom stereocenters. The average Bonchev–Trinajstić information content (AvgIpc) is 2.67. The minimum Gasteiger partial charge on any atom is -0.493 e. The fourth-order valence-corrected chi connectivity index (χ4v) is 2.69. The molecular weight excluding hydrogens is 356 g/mol. The summed E-state index contributed by atoms with van der Waals surface area (Å²) in [6.45, 7) is 1.64. The van der Waals surface area contributed by atoms with Crippen molar-refractivity contribution in [3.63, 3.8) is 0 Å². The number of Topliss-reactive ketones (excluding diaryl/α,β-unsaturated/α-hetero) is 1. The predicted octanol–water partition coefficient (Wildman–Crippen LogP) is 0.167. The van der Waals surface area contributed by atoms with Crippen LogP contribution in [0.2, 0.25) is 0 Å². The summed E-state index contributed by atoms with van der Waals surface area (Å²) in [4.78, 5) is 48.8. The second-order valence-electron chi connectivity index (χ2n) is 5.88. The first-order valence-corrected chi connectivity index (χ1v) is 8.33. The Hall–Kier alpha value is -3.10. The van der Waals surface area contributed by atoms with Gasteiger partial charge in [-0.15, -0.1) is 0 Å². The molecule has 146 valence electrons. The van der Waals surface area contributed by atoms with Gasteiger partial charge in [-0.05, 0) is 25.1 Å². The van der Waals surface area contributed by atoms with Crippen molar-refractivity contribution in [1.82, 2.24) is 10.2 Å². The van der Waals surface area contributed by atoms with Crippen molar-refractivity contribution in [1.29, 1.82) is 0 Å². The predicted molar refractivity (Wildman–Crippen MR) is 93.6 cm³/mol. The third-order valence-corrected chi connectivity index (χ3v) is 4.16. The van der Waals surface area contributed by atoms with Gasteiger partial charge in [0.2, 0.25) is 5.91 Å². The first-order chi connectivity index (χ1) is 12.9. The summed E-state index contributed by atoms with van der Waals surface area (Å²) < 4.78 is 15.3. The van der Waals surface area contributed by atoms with Crippen molar-refractivity contribution in [2.24, 2.45) is 0 Å². The van der Waals surface area contributed by atoms with Gasteiger partial charge < -0.3 is 24.4 Å². The van der Waals surface area contributed by atoms with Crippen LogP contribution in [-0.2, 0) is 19.1 Å². The Kier molecular flexibility index (Phi) is 6.75. The summed E-state index contributed by atoms with van der Waals surface area (Å²) in [6.07, 6.45) is -0.231. The molecule has 0 bridgehead atoms. The smallest absolute Gasteiger partial charge is 0.308 e. The largest absolute Gasteiger partial charge is 0.493 e. The normalized spacial score (nSPS) is 16.3. The van der Waals surface area contributed by atoms with E-state index in [0.29, 0.717) is 23.6 Å². The van der Waals surface area contributed by atoms with Gasteiger partial charge in [0.1, 0.15) is 6.04 Å². The third kappa shape index (κ3) is 4.96. The van der Waals surface area contributed by atoms with E-state index < -0.39 is 23.8 Å². The number of amides is 2. The van der Waals surface area contributed by atoms with Crippen LogP contribution < -0.4 is 14.8 Å². The van der Waals surface area contributed by atoms with Gasteiger partial charge in [0.15, 0.2) is 23.9 Å². The number of carbonyl (C=O) groups excluding carboxylic acids is 4. The molecule has 0 aromatic heterocycles. The van der Waals surface area contributed by atoms with Gasteiger partial charge in [-0.3, -0.25) is 19.2 Å². The fourth-order valence-electron chi connectivity index (χ4n) is 2.69. The number of ether oxygens (including phenoxy) is 3. The number of nitrogens with one attached hydrogen (secondary N) is 1. The monoisotopic (exact) mass is 378 g/mol. The van der Waals surface area contributed by atoms with Crippen LogP contribution in [0.4, 0.5) is 0 Å². The first kappa shape index (κ1) is 20.2. The summed E-state index contributed by atoms with van der Waals surface area (Å²) in [5.74, 6) is -0.960. The van der Waals surface area contributed by atoms with Gasteiger partial charge in [-0.1, -0.05) is 0 Å². The van der Waals surface area contributed by atoms with Crippen LogP contribution in [0.5, 0.6) is 11.5 Å². The Labute approximate surface area is 156 Å². The highest BCUT2D eigenvalue weighted by Gasteiger charge is 2.35. The Morgan fingerprint density at radius 1 is 1.22 bits per heavy atom. The molecule has 2 amide bonds. The molecular formula is C18H22N2O7. The van der Waals surface area contributed by atoms with Gasteiger partial charge in [0.05, 0.1) is 20.6 Å². The SMILES string of the molecule is COC(=O)C[C@H]1C(=O)NCCN1C(=O)COc1ccc(C(C)=O)cc1OC. The zero-order valence-electron chi connectivity index (χ0n) is 15.4. The Morgan fingerprint density at radius 2 is 1.96 bits per heavy atom. The van der Waals surface area contributed by atoms with Crippen LogP contribution in [0.25, 0.3) is 0 Å². The molecule has 1 aromatic rings. The van der Waals surface area contributed by atoms with E-state index >= 15 is 0 Å². The van der Waals surface area contributed by atoms with Crippen molar-refractivity contribution in [2.75, 3.05) is 33.9 Å². The number of nitrogens with zero attached hydrogens (tertiary/aromatic N) is 1. The molecule has 0 radical (unpaired) electrons. The van der Waals surface area contributed by atoms with Crippen molar-refractivity contribution in [3.8, 4) is 11.5 Å². The number of hydrogen-bond acceptors (Lipinski definition) is 7. The number of benzene rings is 1. The highest BCUT2D eigenvalue weighted by Crippen LogP contribution is 2.28. The number of methoxy groups -OCH3 is 2. The maximum atomic E-state index is 12.5. The van der Waals surface area contributed by atoms with E-state index in [9.17, 15) is 19.2 Å². The second kappa shape index (κ2) is 9.02. The lowest BCUT2D eigenvalue weighted by molar-refractivity contribution is -0.151. The van der Waals surface area contributed by atoms with Crippen molar-refractivity contribution in [3.05, 3.63) is 23.8 Å². The molecule has 9 nitrogen and oxygen atoms in total. The molecule has 27 heavy (non-hydrogen) atoms. The minimum absolute atomic E-state index is 0.124. The third-order valence-electron chi connectivity index (χ3n) is 4.16. The summed E-state index contributed by atoms with van der Waals surface area (Å²) in [6, 6.07) is 3.69. The van der Waals surface area contributed by atoms with Gasteiger partial charge in [0.25, 0.3) is 5.91 Å². The van der Waals surface area contributed by atoms with E-state index in [1.807, 2.05) is 0 Å². The lowest BCUT2D eigenvalue weighted by Crippen LogP contribution is -2.58. The van der Waals surface area contributed by atoms with Crippen LogP contribution in [0, 0.1) is 0 Å². The molecule has 1 aromatic carbocycles. The number of carbonyl (C=O) groups is 4. The fraction of sp³-hybridized carbons (Fsp3) is 0.444. The van der Waals surface area contributed by atoms with E-state index in [2.05, 4.69) is 10.1 Å². The zero-order chi connectivity index (χ0) is 20.0. The molecule has 0 saturated carbocycles. The Bertz CT molecular complexity index is 747. The van der Waals surface area contributed by atoms with Crippen molar-refractivity contribution in [2.45, 2.75) is 19.4 Å². The van der Waals surface area contributed by atoms with Gasteiger partial charge in [-0.2, -0.15) is 0 Å². The molecule has 1 heterocycles. The van der Waals surface area contributed by atoms with Gasteiger partial charge in [-0.25, -0.2) is 0 Å².